The summed E-state index contributed by atoms with van der Waals surface area (Å²) in [5, 5.41) is 1.78. The minimum Gasteiger partial charge on any atom is -0.307 e. The Morgan fingerprint density at radius 3 is 2.65 bits per heavy atom. The molecule has 0 saturated carbocycles. The van der Waals surface area contributed by atoms with Gasteiger partial charge in [-0.25, -0.2) is 9.37 Å². The average Bonchev–Trinajstić information content (AvgIpc) is 3.20. The van der Waals surface area contributed by atoms with Crippen molar-refractivity contribution >= 4 is 74.8 Å². The number of nitrogens with one attached hydrogen (secondary N) is 1. The Labute approximate surface area is 202 Å². The fraction of sp³-hybridized carbons (Fsp3) is 0.238. The van der Waals surface area contributed by atoms with Crippen molar-refractivity contribution in [3.05, 3.63) is 67.4 Å². The molecule has 1 aromatic heterocycles. The maximum absolute atomic E-state index is 14.8. The Hall–Kier alpha value is -1.51. The highest BCUT2D eigenvalue weighted by Gasteiger charge is 2.46. The van der Waals surface area contributed by atoms with E-state index < -0.39 is 11.2 Å². The Bertz CT molecular complexity index is 1200. The third kappa shape index (κ3) is 4.14. The van der Waals surface area contributed by atoms with Crippen LogP contribution in [0.1, 0.15) is 29.9 Å². The molecule has 4 nitrogen and oxygen atoms in total. The molecule has 0 spiro atoms. The monoisotopic (exact) mass is 515 g/mol. The van der Waals surface area contributed by atoms with Crippen molar-refractivity contribution in [2.75, 3.05) is 9.62 Å². The molecule has 1 aliphatic rings. The highest BCUT2D eigenvalue weighted by Crippen LogP contribution is 2.48. The van der Waals surface area contributed by atoms with Gasteiger partial charge >= 0.3 is 0 Å². The summed E-state index contributed by atoms with van der Waals surface area (Å²) in [4.78, 5) is 20.3. The van der Waals surface area contributed by atoms with Gasteiger partial charge < -0.3 is 9.62 Å². The van der Waals surface area contributed by atoms with Crippen LogP contribution in [0.2, 0.25) is 15.1 Å². The number of rotatable bonds is 5. The molecule has 10 heteroatoms. The number of halogens is 4. The van der Waals surface area contributed by atoms with Gasteiger partial charge in [-0.1, -0.05) is 34.8 Å². The minimum absolute atomic E-state index is 0.118. The zero-order chi connectivity index (χ0) is 22.5. The first-order chi connectivity index (χ1) is 14.6. The molecule has 2 heterocycles. The largest absolute Gasteiger partial charge is 0.307 e. The van der Waals surface area contributed by atoms with Gasteiger partial charge in [0.1, 0.15) is 5.82 Å². The van der Waals surface area contributed by atoms with Gasteiger partial charge in [0.05, 0.1) is 26.9 Å². The number of aryl methyl sites for hydroxylation is 1. The van der Waals surface area contributed by atoms with Crippen molar-refractivity contribution in [1.29, 1.82) is 0 Å². The molecule has 0 atom stereocenters. The van der Waals surface area contributed by atoms with E-state index in [0.717, 1.165) is 16.8 Å². The molecule has 0 unspecified atom stereocenters. The number of amides is 1. The third-order valence-electron chi connectivity index (χ3n) is 5.07. The van der Waals surface area contributed by atoms with Crippen LogP contribution in [-0.4, -0.2) is 10.9 Å². The third-order valence-corrected chi connectivity index (χ3v) is 8.01. The minimum atomic E-state index is -0.853. The second-order valence-electron chi connectivity index (χ2n) is 7.63. The molecule has 162 valence electrons. The summed E-state index contributed by atoms with van der Waals surface area (Å²) >= 11 is 21.6. The van der Waals surface area contributed by atoms with Crippen molar-refractivity contribution < 1.29 is 9.18 Å². The van der Waals surface area contributed by atoms with Crippen molar-refractivity contribution in [2.24, 2.45) is 0 Å². The lowest BCUT2D eigenvalue weighted by Crippen LogP contribution is -2.35. The predicted molar refractivity (Wildman–Crippen MR) is 128 cm³/mol. The van der Waals surface area contributed by atoms with Crippen LogP contribution in [0, 0.1) is 12.7 Å². The maximum Gasteiger partial charge on any atom is 0.237 e. The molecule has 4 rings (SSSR count). The van der Waals surface area contributed by atoms with Crippen LogP contribution >= 0.6 is 58.1 Å². The summed E-state index contributed by atoms with van der Waals surface area (Å²) in [5.41, 5.74) is 0.962. The lowest BCUT2D eigenvalue weighted by Gasteiger charge is -2.21. The van der Waals surface area contributed by atoms with Crippen molar-refractivity contribution in [1.82, 2.24) is 4.98 Å². The maximum atomic E-state index is 14.8. The van der Waals surface area contributed by atoms with E-state index >= 15 is 0 Å². The lowest BCUT2D eigenvalue weighted by atomic mass is 9.86. The number of aromatic nitrogens is 1. The molecule has 0 bridgehead atoms. The second kappa shape index (κ2) is 8.45. The van der Waals surface area contributed by atoms with Crippen molar-refractivity contribution in [3.63, 3.8) is 0 Å². The van der Waals surface area contributed by atoms with E-state index in [-0.39, 0.29) is 12.5 Å². The summed E-state index contributed by atoms with van der Waals surface area (Å²) in [5.74, 6) is -0.590. The normalized spacial score (nSPS) is 14.8. The Morgan fingerprint density at radius 1 is 1.23 bits per heavy atom. The molecule has 1 aliphatic heterocycles. The topological polar surface area (TPSA) is 45.2 Å². The Balaban J connectivity index is 1.61. The SMILES string of the molecule is Cc1cnc(NSc2cc(Cl)c(CN3C(=O)C(C)(C)c4c3ccc(Cl)c4Cl)cc2F)s1. The van der Waals surface area contributed by atoms with Gasteiger partial charge in [-0.15, -0.1) is 11.3 Å². The van der Waals surface area contributed by atoms with Crippen LogP contribution in [-0.2, 0) is 16.8 Å². The molecule has 0 saturated heterocycles. The van der Waals surface area contributed by atoms with Gasteiger partial charge in [-0.3, -0.25) is 4.79 Å². The van der Waals surface area contributed by atoms with Crippen LogP contribution in [0.25, 0.3) is 0 Å². The number of carbonyl (C=O) groups is 1. The quantitative estimate of drug-likeness (QED) is 0.357. The molecular formula is C21H17Cl3FN3OS2. The van der Waals surface area contributed by atoms with Gasteiger partial charge in [0.25, 0.3) is 0 Å². The van der Waals surface area contributed by atoms with E-state index in [1.165, 1.54) is 17.4 Å². The zero-order valence-electron chi connectivity index (χ0n) is 16.7. The van der Waals surface area contributed by atoms with Crippen LogP contribution < -0.4 is 9.62 Å². The highest BCUT2D eigenvalue weighted by molar-refractivity contribution is 8.00. The number of fused-ring (bicyclic) bond motifs is 1. The fourth-order valence-corrected chi connectivity index (χ4v) is 5.74. The van der Waals surface area contributed by atoms with E-state index in [0.29, 0.717) is 41.9 Å². The van der Waals surface area contributed by atoms with Crippen LogP contribution in [0.4, 0.5) is 15.2 Å². The molecule has 0 fully saturated rings. The zero-order valence-corrected chi connectivity index (χ0v) is 20.6. The summed E-state index contributed by atoms with van der Waals surface area (Å²) in [6, 6.07) is 6.31. The second-order valence-corrected chi connectivity index (χ2v) is 10.9. The van der Waals surface area contributed by atoms with Gasteiger partial charge in [0.2, 0.25) is 5.91 Å². The van der Waals surface area contributed by atoms with E-state index in [1.807, 2.05) is 6.92 Å². The molecular weight excluding hydrogens is 500 g/mol. The Kier molecular flexibility index (Phi) is 6.18. The van der Waals surface area contributed by atoms with Crippen molar-refractivity contribution in [3.8, 4) is 0 Å². The van der Waals surface area contributed by atoms with E-state index in [1.54, 1.807) is 43.1 Å². The average molecular weight is 517 g/mol. The molecule has 0 aliphatic carbocycles. The van der Waals surface area contributed by atoms with Crippen LogP contribution in [0.3, 0.4) is 0 Å². The summed E-state index contributed by atoms with van der Waals surface area (Å²) < 4.78 is 17.8. The number of hydrogen-bond donors (Lipinski definition) is 1. The van der Waals surface area contributed by atoms with Gasteiger partial charge in [-0.2, -0.15) is 0 Å². The number of carbonyl (C=O) groups excluding carboxylic acids is 1. The lowest BCUT2D eigenvalue weighted by molar-refractivity contribution is -0.122. The van der Waals surface area contributed by atoms with Gasteiger partial charge in [0, 0.05) is 27.3 Å². The first-order valence-corrected chi connectivity index (χ1v) is 12.0. The molecule has 1 N–H and O–H groups in total. The molecule has 0 radical (unpaired) electrons. The van der Waals surface area contributed by atoms with Crippen LogP contribution in [0.5, 0.6) is 0 Å². The molecule has 31 heavy (non-hydrogen) atoms. The van der Waals surface area contributed by atoms with Gasteiger partial charge in [0.15, 0.2) is 5.13 Å². The molecule has 3 aromatic rings. The van der Waals surface area contributed by atoms with E-state index in [4.69, 9.17) is 34.8 Å². The first-order valence-electron chi connectivity index (χ1n) is 9.23. The van der Waals surface area contributed by atoms with Gasteiger partial charge in [-0.05, 0) is 62.5 Å². The molecule has 1 amide bonds. The van der Waals surface area contributed by atoms with Crippen molar-refractivity contribution in [2.45, 2.75) is 37.6 Å². The first kappa shape index (κ1) is 22.7. The number of hydrogen-bond acceptors (Lipinski definition) is 5. The number of anilines is 2. The van der Waals surface area contributed by atoms with E-state index in [2.05, 4.69) is 9.71 Å². The number of nitrogens with zero attached hydrogens (tertiary/aromatic N) is 2. The van der Waals surface area contributed by atoms with Crippen LogP contribution in [0.15, 0.2) is 35.4 Å². The summed E-state index contributed by atoms with van der Waals surface area (Å²) in [7, 11) is 0. The fourth-order valence-electron chi connectivity index (χ4n) is 3.51. The predicted octanol–water partition coefficient (Wildman–Crippen LogP) is 7.49. The standard InChI is InChI=1S/C21H17Cl3FN3OS2/c1-10-8-26-20(30-10)27-31-16-7-13(23)11(6-14(16)25)9-28-15-5-4-12(22)18(24)17(15)21(2,3)19(28)29/h4-8H,9H2,1-3H3,(H,26,27). The highest BCUT2D eigenvalue weighted by atomic mass is 35.5. The molecule has 2 aromatic carbocycles. The van der Waals surface area contributed by atoms with E-state index in [9.17, 15) is 9.18 Å². The summed E-state index contributed by atoms with van der Waals surface area (Å²) in [6.07, 6.45) is 1.74. The summed E-state index contributed by atoms with van der Waals surface area (Å²) in [6.45, 7) is 5.65. The number of thiazole rings is 1. The number of benzene rings is 2. The smallest absolute Gasteiger partial charge is 0.237 e. The Morgan fingerprint density at radius 2 is 1.97 bits per heavy atom.